The molecular weight excluding hydrogens is 250 g/mol. The second-order valence-electron chi connectivity index (χ2n) is 6.44. The molecule has 2 fully saturated rings. The number of fused-ring (bicyclic) bond motifs is 2. The number of nitrogens with one attached hydrogen (secondary N) is 1. The molecule has 2 N–H and O–H groups in total. The first-order valence-corrected chi connectivity index (χ1v) is 7.63. The summed E-state index contributed by atoms with van der Waals surface area (Å²) in [5.74, 6) is 1.56. The highest BCUT2D eigenvalue weighted by Crippen LogP contribution is 2.48. The van der Waals surface area contributed by atoms with Gasteiger partial charge in [0.15, 0.2) is 0 Å². The summed E-state index contributed by atoms with van der Waals surface area (Å²) in [6.45, 7) is 2.25. The maximum Gasteiger partial charge on any atom is 0.224 e. The Labute approximate surface area is 120 Å². The summed E-state index contributed by atoms with van der Waals surface area (Å²) < 4.78 is 0. The van der Waals surface area contributed by atoms with Crippen molar-refractivity contribution in [3.05, 3.63) is 35.4 Å². The first-order valence-electron chi connectivity index (χ1n) is 7.63. The van der Waals surface area contributed by atoms with Crippen LogP contribution in [0.4, 0.5) is 0 Å². The number of carbonyl (C=O) groups is 1. The maximum atomic E-state index is 12.2. The van der Waals surface area contributed by atoms with Crippen molar-refractivity contribution in [1.29, 1.82) is 0 Å². The highest BCUT2D eigenvalue weighted by Gasteiger charge is 2.47. The van der Waals surface area contributed by atoms with E-state index in [1.807, 2.05) is 25.1 Å². The molecule has 0 heterocycles. The molecule has 3 heteroatoms. The van der Waals surface area contributed by atoms with E-state index in [-0.39, 0.29) is 24.5 Å². The lowest BCUT2D eigenvalue weighted by molar-refractivity contribution is -0.122. The molecule has 0 saturated heterocycles. The molecule has 0 aliphatic heterocycles. The fourth-order valence-corrected chi connectivity index (χ4v) is 4.14. The summed E-state index contributed by atoms with van der Waals surface area (Å²) in [6, 6.07) is 8.28. The summed E-state index contributed by atoms with van der Waals surface area (Å²) in [5.41, 5.74) is 2.25. The summed E-state index contributed by atoms with van der Waals surface area (Å²) in [5, 5.41) is 12.7. The molecule has 0 aromatic heterocycles. The monoisotopic (exact) mass is 273 g/mol. The fourth-order valence-electron chi connectivity index (χ4n) is 4.14. The predicted octanol–water partition coefficient (Wildman–Crippen LogP) is 2.06. The highest BCUT2D eigenvalue weighted by atomic mass is 16.3. The van der Waals surface area contributed by atoms with Crippen LogP contribution in [0.1, 0.15) is 30.4 Å². The van der Waals surface area contributed by atoms with E-state index in [1.165, 1.54) is 24.8 Å². The molecule has 3 nitrogen and oxygen atoms in total. The third-order valence-electron chi connectivity index (χ3n) is 5.07. The zero-order valence-corrected chi connectivity index (χ0v) is 12.0. The second kappa shape index (κ2) is 5.57. The zero-order valence-electron chi connectivity index (χ0n) is 12.0. The van der Waals surface area contributed by atoms with Gasteiger partial charge < -0.3 is 10.4 Å². The van der Waals surface area contributed by atoms with Crippen molar-refractivity contribution in [1.82, 2.24) is 5.32 Å². The maximum absolute atomic E-state index is 12.2. The predicted molar refractivity (Wildman–Crippen MR) is 78.2 cm³/mol. The summed E-state index contributed by atoms with van der Waals surface area (Å²) in [6.07, 6.45) is 4.05. The van der Waals surface area contributed by atoms with E-state index in [0.717, 1.165) is 5.56 Å². The average Bonchev–Trinajstić information content (AvgIpc) is 2.99. The van der Waals surface area contributed by atoms with Gasteiger partial charge in [-0.25, -0.2) is 0 Å². The molecule has 3 rings (SSSR count). The third-order valence-corrected chi connectivity index (χ3v) is 5.07. The van der Waals surface area contributed by atoms with Crippen LogP contribution in [-0.2, 0) is 11.2 Å². The number of rotatable bonds is 4. The molecule has 1 aromatic carbocycles. The zero-order chi connectivity index (χ0) is 14.1. The molecule has 2 saturated carbocycles. The minimum Gasteiger partial charge on any atom is -0.396 e. The van der Waals surface area contributed by atoms with E-state index in [1.54, 1.807) is 0 Å². The Morgan fingerprint density at radius 2 is 2.15 bits per heavy atom. The molecule has 4 unspecified atom stereocenters. The van der Waals surface area contributed by atoms with Gasteiger partial charge in [-0.05, 0) is 43.6 Å². The van der Waals surface area contributed by atoms with Crippen molar-refractivity contribution in [2.75, 3.05) is 6.61 Å². The largest absolute Gasteiger partial charge is 0.396 e. The van der Waals surface area contributed by atoms with Gasteiger partial charge >= 0.3 is 0 Å². The summed E-state index contributed by atoms with van der Waals surface area (Å²) in [4.78, 5) is 12.2. The number of aliphatic hydroxyl groups excluding tert-OH is 1. The van der Waals surface area contributed by atoms with E-state index in [9.17, 15) is 9.90 Å². The number of carbonyl (C=O) groups excluding carboxylic acids is 1. The van der Waals surface area contributed by atoms with Gasteiger partial charge in [-0.15, -0.1) is 0 Å². The summed E-state index contributed by atoms with van der Waals surface area (Å²) in [7, 11) is 0. The molecule has 2 bridgehead atoms. The van der Waals surface area contributed by atoms with E-state index < -0.39 is 0 Å². The van der Waals surface area contributed by atoms with Gasteiger partial charge in [0, 0.05) is 18.6 Å². The Morgan fingerprint density at radius 1 is 1.35 bits per heavy atom. The van der Waals surface area contributed by atoms with Crippen LogP contribution in [0.5, 0.6) is 0 Å². The van der Waals surface area contributed by atoms with Crippen LogP contribution in [-0.4, -0.2) is 23.7 Å². The average molecular weight is 273 g/mol. The number of aliphatic hydroxyl groups is 1. The van der Waals surface area contributed by atoms with Crippen molar-refractivity contribution in [3.63, 3.8) is 0 Å². The molecule has 4 atom stereocenters. The van der Waals surface area contributed by atoms with Crippen LogP contribution >= 0.6 is 0 Å². The van der Waals surface area contributed by atoms with E-state index in [4.69, 9.17) is 0 Å². The first kappa shape index (κ1) is 13.6. The second-order valence-corrected chi connectivity index (χ2v) is 6.44. The van der Waals surface area contributed by atoms with Gasteiger partial charge in [0.1, 0.15) is 0 Å². The van der Waals surface area contributed by atoms with Crippen molar-refractivity contribution in [3.8, 4) is 0 Å². The van der Waals surface area contributed by atoms with Gasteiger partial charge in [-0.2, -0.15) is 0 Å². The van der Waals surface area contributed by atoms with Crippen LogP contribution in [0.3, 0.4) is 0 Å². The van der Waals surface area contributed by atoms with Crippen molar-refractivity contribution >= 4 is 5.91 Å². The molecule has 1 aromatic rings. The first-order chi connectivity index (χ1) is 9.67. The topological polar surface area (TPSA) is 49.3 Å². The number of hydrogen-bond acceptors (Lipinski definition) is 2. The molecule has 2 aliphatic carbocycles. The van der Waals surface area contributed by atoms with Crippen molar-refractivity contribution in [2.45, 2.75) is 38.6 Å². The lowest BCUT2D eigenvalue weighted by Crippen LogP contribution is -2.45. The molecule has 0 radical (unpaired) electrons. The minimum atomic E-state index is 0.0894. The molecule has 20 heavy (non-hydrogen) atoms. The number of hydrogen-bond donors (Lipinski definition) is 2. The van der Waals surface area contributed by atoms with Crippen LogP contribution in [0.25, 0.3) is 0 Å². The quantitative estimate of drug-likeness (QED) is 0.882. The van der Waals surface area contributed by atoms with E-state index in [2.05, 4.69) is 11.4 Å². The summed E-state index contributed by atoms with van der Waals surface area (Å²) >= 11 is 0. The van der Waals surface area contributed by atoms with Gasteiger partial charge in [-0.3, -0.25) is 4.79 Å². The molecule has 0 spiro atoms. The SMILES string of the molecule is Cc1cccc(CC(=O)NC2C3CCC(C3)C2CO)c1. The Balaban J connectivity index is 1.61. The lowest BCUT2D eigenvalue weighted by atomic mass is 9.85. The molecule has 1 amide bonds. The van der Waals surface area contributed by atoms with Gasteiger partial charge in [0.05, 0.1) is 6.42 Å². The molecule has 2 aliphatic rings. The van der Waals surface area contributed by atoms with Gasteiger partial charge in [0.2, 0.25) is 5.91 Å². The number of benzene rings is 1. The Hall–Kier alpha value is -1.35. The normalized spacial score (nSPS) is 31.5. The third kappa shape index (κ3) is 2.59. The van der Waals surface area contributed by atoms with Gasteiger partial charge in [-0.1, -0.05) is 29.8 Å². The van der Waals surface area contributed by atoms with Crippen LogP contribution < -0.4 is 5.32 Å². The van der Waals surface area contributed by atoms with Crippen molar-refractivity contribution < 1.29 is 9.90 Å². The highest BCUT2D eigenvalue weighted by molar-refractivity contribution is 5.79. The molecular formula is C17H23NO2. The van der Waals surface area contributed by atoms with E-state index in [0.29, 0.717) is 18.3 Å². The van der Waals surface area contributed by atoms with Gasteiger partial charge in [0.25, 0.3) is 0 Å². The number of aryl methyl sites for hydroxylation is 1. The smallest absolute Gasteiger partial charge is 0.224 e. The molecule has 108 valence electrons. The number of amides is 1. The Bertz CT molecular complexity index is 500. The van der Waals surface area contributed by atoms with Crippen LogP contribution in [0.15, 0.2) is 24.3 Å². The minimum absolute atomic E-state index is 0.0894. The Kier molecular flexibility index (Phi) is 3.79. The van der Waals surface area contributed by atoms with Crippen LogP contribution in [0.2, 0.25) is 0 Å². The Morgan fingerprint density at radius 3 is 2.90 bits per heavy atom. The van der Waals surface area contributed by atoms with E-state index >= 15 is 0 Å². The fraction of sp³-hybridized carbons (Fsp3) is 0.588. The van der Waals surface area contributed by atoms with Crippen molar-refractivity contribution in [2.24, 2.45) is 17.8 Å². The standard InChI is InChI=1S/C17H23NO2/c1-11-3-2-4-12(7-11)8-16(20)18-17-14-6-5-13(9-14)15(17)10-19/h2-4,7,13-15,17,19H,5-6,8-10H2,1H3,(H,18,20). The van der Waals surface area contributed by atoms with Crippen LogP contribution in [0, 0.1) is 24.7 Å². The lowest BCUT2D eigenvalue weighted by Gasteiger charge is -2.30.